The van der Waals surface area contributed by atoms with Gasteiger partial charge in [0, 0.05) is 26.1 Å². The molecule has 3 heterocycles. The third-order valence-corrected chi connectivity index (χ3v) is 7.04. The number of benzene rings is 1. The molecule has 39 heavy (non-hydrogen) atoms. The molecule has 12 heteroatoms. The molecular formula is C27H33FN4O7. The van der Waals surface area contributed by atoms with Gasteiger partial charge in [-0.1, -0.05) is 12.1 Å². The van der Waals surface area contributed by atoms with Gasteiger partial charge in [0.1, 0.15) is 24.7 Å². The van der Waals surface area contributed by atoms with Crippen LogP contribution in [0, 0.1) is 5.82 Å². The highest BCUT2D eigenvalue weighted by Gasteiger charge is 2.38. The molecule has 1 aromatic carbocycles. The van der Waals surface area contributed by atoms with E-state index in [-0.39, 0.29) is 62.6 Å². The van der Waals surface area contributed by atoms with Gasteiger partial charge in [0.25, 0.3) is 0 Å². The molecule has 0 bridgehead atoms. The molecule has 2 aliphatic rings. The van der Waals surface area contributed by atoms with E-state index in [2.05, 4.69) is 4.98 Å². The smallest absolute Gasteiger partial charge is 0.407 e. The fourth-order valence-corrected chi connectivity index (χ4v) is 5.00. The number of hydrogen-bond acceptors (Lipinski definition) is 8. The average molecular weight is 545 g/mol. The molecule has 0 spiro atoms. The molecule has 1 fully saturated rings. The van der Waals surface area contributed by atoms with Gasteiger partial charge in [0.05, 0.1) is 30.9 Å². The van der Waals surface area contributed by atoms with Crippen LogP contribution in [0.3, 0.4) is 0 Å². The fourth-order valence-electron chi connectivity index (χ4n) is 5.00. The van der Waals surface area contributed by atoms with E-state index in [1.54, 1.807) is 34.9 Å². The number of carbonyl (C=O) groups excluding carboxylic acids is 2. The van der Waals surface area contributed by atoms with Crippen molar-refractivity contribution in [1.82, 2.24) is 14.8 Å². The number of ether oxygens (including phenoxy) is 2. The summed E-state index contributed by atoms with van der Waals surface area (Å²) in [7, 11) is 0. The lowest BCUT2D eigenvalue weighted by molar-refractivity contribution is -0.142. The summed E-state index contributed by atoms with van der Waals surface area (Å²) in [6, 6.07) is 6.62. The van der Waals surface area contributed by atoms with Gasteiger partial charge in [-0.05, 0) is 49.6 Å². The maximum atomic E-state index is 13.7. The van der Waals surface area contributed by atoms with Crippen LogP contribution in [0.1, 0.15) is 37.6 Å². The molecule has 0 saturated carbocycles. The normalized spacial score (nSPS) is 21.2. The summed E-state index contributed by atoms with van der Waals surface area (Å²) in [6.45, 7) is 5.09. The second-order valence-electron chi connectivity index (χ2n) is 9.98. The molecule has 0 unspecified atom stereocenters. The Kier molecular flexibility index (Phi) is 8.66. The third-order valence-electron chi connectivity index (χ3n) is 7.04. The van der Waals surface area contributed by atoms with E-state index in [1.807, 2.05) is 6.92 Å². The summed E-state index contributed by atoms with van der Waals surface area (Å²) in [5.41, 5.74) is 2.42. The highest BCUT2D eigenvalue weighted by Crippen LogP contribution is 2.35. The standard InChI is InChI=1S/C27H33FN4O7/c1-16-10-30(22(13-33)11-31(16)27(36)37)12-25(35)32-17(2)14-39-26-24(32)9-20(23(29-26)15-38-18(3)34)8-19-4-6-21(28)7-5-19/h4-7,9,16-17,22,33H,8,10-15H2,1-3H3,(H,36,37)/t16-,17+,22-/m1/s1. The Bertz CT molecular complexity index is 1230. The molecule has 3 atom stereocenters. The molecule has 1 saturated heterocycles. The zero-order chi connectivity index (χ0) is 28.3. The first-order chi connectivity index (χ1) is 18.6. The number of carbonyl (C=O) groups is 3. The molecule has 4 rings (SSSR count). The molecule has 2 aromatic rings. The highest BCUT2D eigenvalue weighted by molar-refractivity contribution is 5.97. The van der Waals surface area contributed by atoms with Crippen LogP contribution in [0.4, 0.5) is 14.9 Å². The van der Waals surface area contributed by atoms with Crippen molar-refractivity contribution in [2.75, 3.05) is 37.7 Å². The summed E-state index contributed by atoms with van der Waals surface area (Å²) < 4.78 is 24.5. The number of anilines is 1. The van der Waals surface area contributed by atoms with E-state index in [0.717, 1.165) is 5.56 Å². The molecule has 210 valence electrons. The SMILES string of the molecule is CC(=O)OCc1nc2c(cc1Cc1ccc(F)cc1)N(C(=O)CN1C[C@@H](C)N(C(=O)O)C[C@@H]1CO)[C@@H](C)CO2. The van der Waals surface area contributed by atoms with Gasteiger partial charge in [0.15, 0.2) is 0 Å². The van der Waals surface area contributed by atoms with Crippen LogP contribution in [-0.4, -0.2) is 93.9 Å². The predicted octanol–water partition coefficient (Wildman–Crippen LogP) is 2.03. The van der Waals surface area contributed by atoms with Gasteiger partial charge in [0.2, 0.25) is 11.8 Å². The van der Waals surface area contributed by atoms with Crippen molar-refractivity contribution < 1.29 is 38.5 Å². The quantitative estimate of drug-likeness (QED) is 0.503. The van der Waals surface area contributed by atoms with E-state index >= 15 is 0 Å². The van der Waals surface area contributed by atoms with Gasteiger partial charge >= 0.3 is 12.1 Å². The first-order valence-electron chi connectivity index (χ1n) is 12.8. The second kappa shape index (κ2) is 12.0. The number of hydrogen-bond donors (Lipinski definition) is 2. The van der Waals surface area contributed by atoms with Crippen LogP contribution in [0.25, 0.3) is 0 Å². The monoisotopic (exact) mass is 544 g/mol. The molecule has 2 amide bonds. The Labute approximate surface area is 225 Å². The van der Waals surface area contributed by atoms with E-state index in [4.69, 9.17) is 9.47 Å². The minimum Gasteiger partial charge on any atom is -0.474 e. The molecule has 0 radical (unpaired) electrons. The molecule has 11 nitrogen and oxygen atoms in total. The lowest BCUT2D eigenvalue weighted by Gasteiger charge is -2.44. The Morgan fingerprint density at radius 2 is 1.87 bits per heavy atom. The van der Waals surface area contributed by atoms with Gasteiger partial charge < -0.3 is 29.5 Å². The number of fused-ring (bicyclic) bond motifs is 1. The lowest BCUT2D eigenvalue weighted by atomic mass is 10.0. The van der Waals surface area contributed by atoms with E-state index < -0.39 is 18.1 Å². The highest BCUT2D eigenvalue weighted by atomic mass is 19.1. The topological polar surface area (TPSA) is 133 Å². The molecule has 1 aromatic heterocycles. The molecular weight excluding hydrogens is 511 g/mol. The number of aliphatic hydroxyl groups excluding tert-OH is 1. The molecule has 2 N–H and O–H groups in total. The number of piperazine rings is 1. The predicted molar refractivity (Wildman–Crippen MR) is 138 cm³/mol. The summed E-state index contributed by atoms with van der Waals surface area (Å²) in [5, 5.41) is 19.4. The Morgan fingerprint density at radius 3 is 2.51 bits per heavy atom. The first-order valence-corrected chi connectivity index (χ1v) is 12.8. The summed E-state index contributed by atoms with van der Waals surface area (Å²) in [5.74, 6) is -0.844. The van der Waals surface area contributed by atoms with Gasteiger partial charge in [-0.15, -0.1) is 0 Å². The average Bonchev–Trinajstić information content (AvgIpc) is 2.88. The maximum absolute atomic E-state index is 13.7. The van der Waals surface area contributed by atoms with Crippen molar-refractivity contribution in [2.24, 2.45) is 0 Å². The Morgan fingerprint density at radius 1 is 1.15 bits per heavy atom. The van der Waals surface area contributed by atoms with Crippen molar-refractivity contribution in [2.45, 2.75) is 51.9 Å². The first kappa shape index (κ1) is 28.2. The summed E-state index contributed by atoms with van der Waals surface area (Å²) in [4.78, 5) is 46.0. The number of esters is 1. The van der Waals surface area contributed by atoms with Crippen LogP contribution >= 0.6 is 0 Å². The number of halogens is 1. The number of carboxylic acid groups (broad SMARTS) is 1. The fraction of sp³-hybridized carbons (Fsp3) is 0.481. The number of nitrogens with zero attached hydrogens (tertiary/aromatic N) is 4. The van der Waals surface area contributed by atoms with E-state index in [1.165, 1.54) is 24.0 Å². The van der Waals surface area contributed by atoms with Crippen molar-refractivity contribution in [1.29, 1.82) is 0 Å². The number of amides is 2. The summed E-state index contributed by atoms with van der Waals surface area (Å²) in [6.07, 6.45) is -0.707. The van der Waals surface area contributed by atoms with Crippen molar-refractivity contribution in [3.63, 3.8) is 0 Å². The zero-order valence-electron chi connectivity index (χ0n) is 22.2. The van der Waals surface area contributed by atoms with Crippen molar-refractivity contribution >= 4 is 23.7 Å². The van der Waals surface area contributed by atoms with Crippen LogP contribution in [-0.2, 0) is 27.4 Å². The summed E-state index contributed by atoms with van der Waals surface area (Å²) >= 11 is 0. The molecule has 0 aliphatic carbocycles. The number of pyridine rings is 1. The zero-order valence-corrected chi connectivity index (χ0v) is 22.2. The number of aliphatic hydroxyl groups is 1. The van der Waals surface area contributed by atoms with E-state index in [0.29, 0.717) is 29.9 Å². The van der Waals surface area contributed by atoms with Crippen molar-refractivity contribution in [3.8, 4) is 5.88 Å². The van der Waals surface area contributed by atoms with Crippen LogP contribution in [0.15, 0.2) is 30.3 Å². The lowest BCUT2D eigenvalue weighted by Crippen LogP contribution is -2.62. The minimum atomic E-state index is -1.06. The molecule has 2 aliphatic heterocycles. The van der Waals surface area contributed by atoms with Crippen LogP contribution < -0.4 is 9.64 Å². The number of rotatable bonds is 7. The van der Waals surface area contributed by atoms with Gasteiger partial charge in [-0.3, -0.25) is 14.5 Å². The Balaban J connectivity index is 1.63. The minimum absolute atomic E-state index is 0.0324. The van der Waals surface area contributed by atoms with Crippen LogP contribution in [0.5, 0.6) is 5.88 Å². The number of aromatic nitrogens is 1. The maximum Gasteiger partial charge on any atom is 0.407 e. The Hall–Kier alpha value is -3.77. The van der Waals surface area contributed by atoms with Crippen molar-refractivity contribution in [3.05, 3.63) is 53.0 Å². The second-order valence-corrected chi connectivity index (χ2v) is 9.98. The largest absolute Gasteiger partial charge is 0.474 e. The van der Waals surface area contributed by atoms with E-state index in [9.17, 15) is 29.0 Å². The van der Waals surface area contributed by atoms with Crippen LogP contribution in [0.2, 0.25) is 0 Å². The van der Waals surface area contributed by atoms with Gasteiger partial charge in [-0.2, -0.15) is 0 Å². The van der Waals surface area contributed by atoms with Gasteiger partial charge in [-0.25, -0.2) is 14.2 Å². The third kappa shape index (κ3) is 6.45.